The smallest absolute Gasteiger partial charge is 0.205 e. The SMILES string of the molecule is COCCCn1ccnc1N1CC(CN)CCC1C. The fraction of sp³-hybridized carbons (Fsp3) is 0.786. The maximum atomic E-state index is 5.83. The third-order valence-corrected chi connectivity index (χ3v) is 4.01. The minimum Gasteiger partial charge on any atom is -0.385 e. The molecule has 1 aromatic rings. The molecule has 0 radical (unpaired) electrons. The zero-order valence-electron chi connectivity index (χ0n) is 12.1. The highest BCUT2D eigenvalue weighted by molar-refractivity contribution is 5.34. The minimum absolute atomic E-state index is 0.548. The molecule has 0 amide bonds. The van der Waals surface area contributed by atoms with E-state index in [0.29, 0.717) is 12.0 Å². The summed E-state index contributed by atoms with van der Waals surface area (Å²) in [6.07, 6.45) is 7.40. The molecular formula is C14H26N4O. The topological polar surface area (TPSA) is 56.3 Å². The van der Waals surface area contributed by atoms with Crippen LogP contribution in [0.3, 0.4) is 0 Å². The Balaban J connectivity index is 2.05. The van der Waals surface area contributed by atoms with Crippen LogP contribution in [-0.2, 0) is 11.3 Å². The van der Waals surface area contributed by atoms with Gasteiger partial charge in [-0.3, -0.25) is 0 Å². The van der Waals surface area contributed by atoms with E-state index in [0.717, 1.165) is 38.6 Å². The molecule has 5 heteroatoms. The lowest BCUT2D eigenvalue weighted by molar-refractivity contribution is 0.190. The molecule has 1 aliphatic heterocycles. The van der Waals surface area contributed by atoms with Gasteiger partial charge in [0.15, 0.2) is 0 Å². The normalized spacial score (nSPS) is 23.8. The van der Waals surface area contributed by atoms with Crippen molar-refractivity contribution in [2.24, 2.45) is 11.7 Å². The lowest BCUT2D eigenvalue weighted by atomic mass is 9.94. The molecule has 19 heavy (non-hydrogen) atoms. The van der Waals surface area contributed by atoms with Crippen molar-refractivity contribution in [3.63, 3.8) is 0 Å². The first-order valence-corrected chi connectivity index (χ1v) is 7.23. The fourth-order valence-corrected chi connectivity index (χ4v) is 2.77. The van der Waals surface area contributed by atoms with E-state index in [4.69, 9.17) is 10.5 Å². The van der Waals surface area contributed by atoms with Gasteiger partial charge in [-0.05, 0) is 38.6 Å². The van der Waals surface area contributed by atoms with E-state index >= 15 is 0 Å². The number of ether oxygens (including phenoxy) is 1. The Morgan fingerprint density at radius 2 is 2.32 bits per heavy atom. The van der Waals surface area contributed by atoms with Gasteiger partial charge in [-0.1, -0.05) is 0 Å². The van der Waals surface area contributed by atoms with Gasteiger partial charge in [0.1, 0.15) is 0 Å². The van der Waals surface area contributed by atoms with E-state index in [-0.39, 0.29) is 0 Å². The number of piperidine rings is 1. The van der Waals surface area contributed by atoms with E-state index in [2.05, 4.69) is 27.6 Å². The second-order valence-electron chi connectivity index (χ2n) is 5.45. The first-order valence-electron chi connectivity index (χ1n) is 7.23. The number of rotatable bonds is 6. The average molecular weight is 266 g/mol. The summed E-state index contributed by atoms with van der Waals surface area (Å²) in [5, 5.41) is 0. The number of hydrogen-bond acceptors (Lipinski definition) is 4. The van der Waals surface area contributed by atoms with E-state index < -0.39 is 0 Å². The van der Waals surface area contributed by atoms with Gasteiger partial charge in [0, 0.05) is 45.2 Å². The Hall–Kier alpha value is -1.07. The average Bonchev–Trinajstić information content (AvgIpc) is 2.88. The molecule has 2 unspecified atom stereocenters. The molecule has 0 aliphatic carbocycles. The Labute approximate surface area is 115 Å². The molecule has 2 atom stereocenters. The molecule has 2 N–H and O–H groups in total. The number of methoxy groups -OCH3 is 1. The molecule has 1 fully saturated rings. The zero-order valence-corrected chi connectivity index (χ0v) is 12.1. The van der Waals surface area contributed by atoms with Gasteiger partial charge in [-0.25, -0.2) is 4.98 Å². The van der Waals surface area contributed by atoms with Crippen LogP contribution in [0.4, 0.5) is 5.95 Å². The van der Waals surface area contributed by atoms with Crippen LogP contribution in [0.2, 0.25) is 0 Å². The molecule has 2 rings (SSSR count). The zero-order chi connectivity index (χ0) is 13.7. The summed E-state index contributed by atoms with van der Waals surface area (Å²) in [5.41, 5.74) is 5.83. The lowest BCUT2D eigenvalue weighted by Gasteiger charge is -2.38. The van der Waals surface area contributed by atoms with Crippen LogP contribution in [0.5, 0.6) is 0 Å². The Morgan fingerprint density at radius 1 is 1.47 bits per heavy atom. The second kappa shape index (κ2) is 6.91. The first-order chi connectivity index (χ1) is 9.26. The number of imidazole rings is 1. The van der Waals surface area contributed by atoms with Crippen molar-refractivity contribution in [3.8, 4) is 0 Å². The predicted octanol–water partition coefficient (Wildman–Crippen LogP) is 1.48. The summed E-state index contributed by atoms with van der Waals surface area (Å²) in [6.45, 7) is 5.83. The number of aryl methyl sites for hydroxylation is 1. The monoisotopic (exact) mass is 266 g/mol. The van der Waals surface area contributed by atoms with Crippen LogP contribution >= 0.6 is 0 Å². The van der Waals surface area contributed by atoms with Gasteiger partial charge >= 0.3 is 0 Å². The van der Waals surface area contributed by atoms with E-state index in [1.807, 2.05) is 6.20 Å². The van der Waals surface area contributed by atoms with Crippen molar-refractivity contribution in [2.75, 3.05) is 31.7 Å². The summed E-state index contributed by atoms with van der Waals surface area (Å²) in [6, 6.07) is 0.548. The van der Waals surface area contributed by atoms with Crippen LogP contribution in [0.1, 0.15) is 26.2 Å². The van der Waals surface area contributed by atoms with Crippen molar-refractivity contribution in [1.29, 1.82) is 0 Å². The van der Waals surface area contributed by atoms with E-state index in [1.54, 1.807) is 7.11 Å². The summed E-state index contributed by atoms with van der Waals surface area (Å²) in [7, 11) is 1.74. The van der Waals surface area contributed by atoms with Crippen molar-refractivity contribution >= 4 is 5.95 Å². The van der Waals surface area contributed by atoms with Gasteiger partial charge in [0.05, 0.1) is 0 Å². The van der Waals surface area contributed by atoms with Crippen LogP contribution in [0.25, 0.3) is 0 Å². The summed E-state index contributed by atoms with van der Waals surface area (Å²) >= 11 is 0. The summed E-state index contributed by atoms with van der Waals surface area (Å²) < 4.78 is 7.35. The van der Waals surface area contributed by atoms with Gasteiger partial charge in [-0.15, -0.1) is 0 Å². The van der Waals surface area contributed by atoms with Crippen LogP contribution in [0.15, 0.2) is 12.4 Å². The fourth-order valence-electron chi connectivity index (χ4n) is 2.77. The number of nitrogens with two attached hydrogens (primary N) is 1. The molecule has 108 valence electrons. The maximum absolute atomic E-state index is 5.83. The third kappa shape index (κ3) is 3.48. The van der Waals surface area contributed by atoms with Crippen LogP contribution in [0, 0.1) is 5.92 Å². The number of nitrogens with zero attached hydrogens (tertiary/aromatic N) is 3. The molecule has 1 aliphatic rings. The molecule has 0 aromatic carbocycles. The summed E-state index contributed by atoms with van der Waals surface area (Å²) in [5.74, 6) is 1.68. The summed E-state index contributed by atoms with van der Waals surface area (Å²) in [4.78, 5) is 6.96. The predicted molar refractivity (Wildman–Crippen MR) is 77.3 cm³/mol. The van der Waals surface area contributed by atoms with Crippen molar-refractivity contribution in [2.45, 2.75) is 38.8 Å². The number of anilines is 1. The lowest BCUT2D eigenvalue weighted by Crippen LogP contribution is -2.45. The third-order valence-electron chi connectivity index (χ3n) is 4.01. The first kappa shape index (κ1) is 14.3. The second-order valence-corrected chi connectivity index (χ2v) is 5.45. The van der Waals surface area contributed by atoms with E-state index in [9.17, 15) is 0 Å². The Kier molecular flexibility index (Phi) is 5.22. The minimum atomic E-state index is 0.548. The highest BCUT2D eigenvalue weighted by Gasteiger charge is 2.27. The van der Waals surface area contributed by atoms with Crippen molar-refractivity contribution < 1.29 is 4.74 Å². The van der Waals surface area contributed by atoms with Gasteiger partial charge in [0.25, 0.3) is 0 Å². The van der Waals surface area contributed by atoms with Crippen molar-refractivity contribution in [1.82, 2.24) is 9.55 Å². The van der Waals surface area contributed by atoms with E-state index in [1.165, 1.54) is 12.8 Å². The Bertz CT molecular complexity index is 379. The van der Waals surface area contributed by atoms with Crippen LogP contribution in [-0.4, -0.2) is 42.4 Å². The molecule has 0 spiro atoms. The molecule has 0 bridgehead atoms. The van der Waals surface area contributed by atoms with Gasteiger partial charge < -0.3 is 19.9 Å². The molecule has 2 heterocycles. The van der Waals surface area contributed by atoms with Gasteiger partial charge in [0.2, 0.25) is 5.95 Å². The number of aromatic nitrogens is 2. The highest BCUT2D eigenvalue weighted by atomic mass is 16.5. The van der Waals surface area contributed by atoms with Gasteiger partial charge in [-0.2, -0.15) is 0 Å². The molecule has 1 aromatic heterocycles. The molecule has 5 nitrogen and oxygen atoms in total. The molecule has 0 saturated carbocycles. The molecular weight excluding hydrogens is 240 g/mol. The Morgan fingerprint density at radius 3 is 3.05 bits per heavy atom. The molecule has 1 saturated heterocycles. The van der Waals surface area contributed by atoms with Crippen molar-refractivity contribution in [3.05, 3.63) is 12.4 Å². The maximum Gasteiger partial charge on any atom is 0.205 e. The highest BCUT2D eigenvalue weighted by Crippen LogP contribution is 2.26. The number of hydrogen-bond donors (Lipinski definition) is 1. The largest absolute Gasteiger partial charge is 0.385 e. The van der Waals surface area contributed by atoms with Crippen LogP contribution < -0.4 is 10.6 Å². The quantitative estimate of drug-likeness (QED) is 0.793. The standard InChI is InChI=1S/C14H26N4O/c1-12-4-5-13(10-15)11-18(12)14-16-6-8-17(14)7-3-9-19-2/h6,8,12-13H,3-5,7,9-11,15H2,1-2H3.